The summed E-state index contributed by atoms with van der Waals surface area (Å²) in [6, 6.07) is 18.1. The Morgan fingerprint density at radius 3 is 2.28 bits per heavy atom. The van der Waals surface area contributed by atoms with Gasteiger partial charge in [0.1, 0.15) is 5.69 Å². The van der Waals surface area contributed by atoms with E-state index in [0.29, 0.717) is 5.82 Å². The SMILES string of the molecule is Brc1ccc(-c2nnc(-c3ccccc3)c(N3CCNCC3)n2)cc1. The van der Waals surface area contributed by atoms with Gasteiger partial charge in [-0.25, -0.2) is 4.98 Å². The van der Waals surface area contributed by atoms with Crippen LogP contribution in [0.5, 0.6) is 0 Å². The second-order valence-electron chi connectivity index (χ2n) is 5.92. The van der Waals surface area contributed by atoms with Crippen molar-refractivity contribution in [1.82, 2.24) is 20.5 Å². The Morgan fingerprint density at radius 2 is 1.56 bits per heavy atom. The normalized spacial score (nSPS) is 14.5. The Balaban J connectivity index is 1.80. The number of piperazine rings is 1. The Bertz CT molecular complexity index is 845. The lowest BCUT2D eigenvalue weighted by molar-refractivity contribution is 0.584. The molecule has 1 N–H and O–H groups in total. The standard InChI is InChI=1S/C19H18BrN5/c20-16-8-6-15(7-9-16)18-22-19(25-12-10-21-11-13-25)17(23-24-18)14-4-2-1-3-5-14/h1-9,21H,10-13H2. The maximum Gasteiger partial charge on any atom is 0.183 e. The highest BCUT2D eigenvalue weighted by molar-refractivity contribution is 9.10. The molecule has 1 fully saturated rings. The molecule has 1 aliphatic heterocycles. The molecular formula is C19H18BrN5. The molecule has 126 valence electrons. The molecule has 2 heterocycles. The van der Waals surface area contributed by atoms with E-state index in [-0.39, 0.29) is 0 Å². The third kappa shape index (κ3) is 3.55. The largest absolute Gasteiger partial charge is 0.352 e. The lowest BCUT2D eigenvalue weighted by atomic mass is 10.1. The number of hydrogen-bond donors (Lipinski definition) is 1. The lowest BCUT2D eigenvalue weighted by Crippen LogP contribution is -2.44. The average Bonchev–Trinajstić information content (AvgIpc) is 2.69. The predicted octanol–water partition coefficient (Wildman–Crippen LogP) is 3.38. The number of benzene rings is 2. The van der Waals surface area contributed by atoms with Crippen LogP contribution in [0.4, 0.5) is 5.82 Å². The summed E-state index contributed by atoms with van der Waals surface area (Å²) < 4.78 is 1.03. The summed E-state index contributed by atoms with van der Waals surface area (Å²) in [5.74, 6) is 1.56. The first-order valence-electron chi connectivity index (χ1n) is 8.33. The van der Waals surface area contributed by atoms with Gasteiger partial charge in [-0.3, -0.25) is 0 Å². The minimum absolute atomic E-state index is 0.653. The van der Waals surface area contributed by atoms with Gasteiger partial charge in [0.15, 0.2) is 11.6 Å². The van der Waals surface area contributed by atoms with Crippen molar-refractivity contribution in [2.24, 2.45) is 0 Å². The average molecular weight is 396 g/mol. The van der Waals surface area contributed by atoms with Crippen LogP contribution in [0.3, 0.4) is 0 Å². The number of nitrogens with zero attached hydrogens (tertiary/aromatic N) is 4. The maximum absolute atomic E-state index is 4.88. The molecule has 0 radical (unpaired) electrons. The van der Waals surface area contributed by atoms with Crippen LogP contribution in [0.1, 0.15) is 0 Å². The highest BCUT2D eigenvalue weighted by Gasteiger charge is 2.20. The molecule has 1 saturated heterocycles. The first-order valence-corrected chi connectivity index (χ1v) is 9.12. The Morgan fingerprint density at radius 1 is 0.840 bits per heavy atom. The van der Waals surface area contributed by atoms with E-state index in [1.54, 1.807) is 0 Å². The molecule has 0 unspecified atom stereocenters. The topological polar surface area (TPSA) is 53.9 Å². The molecule has 5 nitrogen and oxygen atoms in total. The molecule has 0 amide bonds. The molecule has 2 aromatic carbocycles. The van der Waals surface area contributed by atoms with E-state index < -0.39 is 0 Å². The minimum atomic E-state index is 0.653. The highest BCUT2D eigenvalue weighted by atomic mass is 79.9. The number of aromatic nitrogens is 3. The van der Waals surface area contributed by atoms with Gasteiger partial charge in [0.05, 0.1) is 0 Å². The first-order chi connectivity index (χ1) is 12.3. The van der Waals surface area contributed by atoms with Gasteiger partial charge < -0.3 is 10.2 Å². The van der Waals surface area contributed by atoms with Crippen LogP contribution in [-0.4, -0.2) is 41.4 Å². The van der Waals surface area contributed by atoms with Crippen LogP contribution >= 0.6 is 15.9 Å². The molecule has 1 aromatic heterocycles. The molecule has 4 rings (SSSR count). The number of hydrogen-bond acceptors (Lipinski definition) is 5. The van der Waals surface area contributed by atoms with Crippen molar-refractivity contribution in [2.45, 2.75) is 0 Å². The summed E-state index contributed by atoms with van der Waals surface area (Å²) in [5, 5.41) is 12.3. The lowest BCUT2D eigenvalue weighted by Gasteiger charge is -2.29. The van der Waals surface area contributed by atoms with Crippen molar-refractivity contribution in [3.05, 3.63) is 59.1 Å². The quantitative estimate of drug-likeness (QED) is 0.736. The van der Waals surface area contributed by atoms with E-state index in [1.165, 1.54) is 0 Å². The van der Waals surface area contributed by atoms with Crippen LogP contribution in [0.2, 0.25) is 0 Å². The molecule has 1 aliphatic rings. The fraction of sp³-hybridized carbons (Fsp3) is 0.211. The van der Waals surface area contributed by atoms with E-state index >= 15 is 0 Å². The van der Waals surface area contributed by atoms with Crippen LogP contribution < -0.4 is 10.2 Å². The molecule has 25 heavy (non-hydrogen) atoms. The Hall–Kier alpha value is -2.31. The summed E-state index contributed by atoms with van der Waals surface area (Å²) >= 11 is 3.47. The number of halogens is 1. The van der Waals surface area contributed by atoms with Crippen molar-refractivity contribution in [3.63, 3.8) is 0 Å². The minimum Gasteiger partial charge on any atom is -0.352 e. The molecule has 3 aromatic rings. The van der Waals surface area contributed by atoms with Gasteiger partial charge in [0.25, 0.3) is 0 Å². The van der Waals surface area contributed by atoms with Crippen molar-refractivity contribution in [1.29, 1.82) is 0 Å². The monoisotopic (exact) mass is 395 g/mol. The predicted molar refractivity (Wildman–Crippen MR) is 103 cm³/mol. The van der Waals surface area contributed by atoms with Crippen molar-refractivity contribution < 1.29 is 0 Å². The van der Waals surface area contributed by atoms with Crippen LogP contribution in [0.25, 0.3) is 22.6 Å². The van der Waals surface area contributed by atoms with Gasteiger partial charge in [-0.2, -0.15) is 0 Å². The summed E-state index contributed by atoms with van der Waals surface area (Å²) in [5.41, 5.74) is 2.84. The molecule has 6 heteroatoms. The Kier molecular flexibility index (Phi) is 4.72. The summed E-state index contributed by atoms with van der Waals surface area (Å²) in [7, 11) is 0. The third-order valence-electron chi connectivity index (χ3n) is 4.23. The first kappa shape index (κ1) is 16.2. The van der Waals surface area contributed by atoms with Crippen LogP contribution in [-0.2, 0) is 0 Å². The van der Waals surface area contributed by atoms with E-state index in [2.05, 4.69) is 48.5 Å². The Labute approximate surface area is 155 Å². The van der Waals surface area contributed by atoms with E-state index in [0.717, 1.165) is 53.3 Å². The van der Waals surface area contributed by atoms with Crippen LogP contribution in [0, 0.1) is 0 Å². The number of nitrogens with one attached hydrogen (secondary N) is 1. The zero-order valence-corrected chi connectivity index (χ0v) is 15.3. The fourth-order valence-corrected chi connectivity index (χ4v) is 3.18. The molecular weight excluding hydrogens is 378 g/mol. The van der Waals surface area contributed by atoms with Gasteiger partial charge in [-0.05, 0) is 12.1 Å². The summed E-state index contributed by atoms with van der Waals surface area (Å²) in [6.07, 6.45) is 0. The van der Waals surface area contributed by atoms with E-state index in [1.807, 2.05) is 42.5 Å². The zero-order chi connectivity index (χ0) is 17.1. The second-order valence-corrected chi connectivity index (χ2v) is 6.83. The summed E-state index contributed by atoms with van der Waals surface area (Å²) in [6.45, 7) is 3.73. The van der Waals surface area contributed by atoms with Crippen LogP contribution in [0.15, 0.2) is 59.1 Å². The molecule has 0 bridgehead atoms. The van der Waals surface area contributed by atoms with Gasteiger partial charge in [-0.15, -0.1) is 10.2 Å². The van der Waals surface area contributed by atoms with Gasteiger partial charge in [0.2, 0.25) is 0 Å². The third-order valence-corrected chi connectivity index (χ3v) is 4.76. The molecule has 0 saturated carbocycles. The van der Waals surface area contributed by atoms with Gasteiger partial charge in [-0.1, -0.05) is 58.4 Å². The summed E-state index contributed by atoms with van der Waals surface area (Å²) in [4.78, 5) is 7.17. The number of rotatable bonds is 3. The van der Waals surface area contributed by atoms with Gasteiger partial charge in [0, 0.05) is 41.8 Å². The zero-order valence-electron chi connectivity index (χ0n) is 13.7. The fourth-order valence-electron chi connectivity index (χ4n) is 2.92. The van der Waals surface area contributed by atoms with Crippen molar-refractivity contribution in [2.75, 3.05) is 31.1 Å². The van der Waals surface area contributed by atoms with Gasteiger partial charge >= 0.3 is 0 Å². The van der Waals surface area contributed by atoms with E-state index in [4.69, 9.17) is 4.98 Å². The molecule has 0 spiro atoms. The van der Waals surface area contributed by atoms with Crippen molar-refractivity contribution in [3.8, 4) is 22.6 Å². The molecule has 0 aliphatic carbocycles. The number of anilines is 1. The maximum atomic E-state index is 4.88. The highest BCUT2D eigenvalue weighted by Crippen LogP contribution is 2.29. The smallest absolute Gasteiger partial charge is 0.183 e. The molecule has 0 atom stereocenters. The van der Waals surface area contributed by atoms with E-state index in [9.17, 15) is 0 Å². The second kappa shape index (κ2) is 7.29. The van der Waals surface area contributed by atoms with Crippen molar-refractivity contribution >= 4 is 21.7 Å².